The van der Waals surface area contributed by atoms with Crippen molar-refractivity contribution in [2.24, 2.45) is 0 Å². The molecule has 1 aromatic heterocycles. The second-order valence-electron chi connectivity index (χ2n) is 5.41. The minimum atomic E-state index is 0.635. The van der Waals surface area contributed by atoms with Gasteiger partial charge >= 0.3 is 0 Å². The molecular formula is C13H21N3S. The number of aromatic nitrogens is 2. The lowest BCUT2D eigenvalue weighted by Crippen LogP contribution is -2.20. The molecule has 0 saturated heterocycles. The van der Waals surface area contributed by atoms with E-state index >= 15 is 0 Å². The highest BCUT2D eigenvalue weighted by molar-refractivity contribution is 7.15. The van der Waals surface area contributed by atoms with Gasteiger partial charge in [0.15, 0.2) is 0 Å². The third kappa shape index (κ3) is 3.18. The van der Waals surface area contributed by atoms with Gasteiger partial charge in [-0.05, 0) is 25.7 Å². The van der Waals surface area contributed by atoms with Gasteiger partial charge in [0.25, 0.3) is 0 Å². The zero-order chi connectivity index (χ0) is 11.5. The highest BCUT2D eigenvalue weighted by Crippen LogP contribution is 2.42. The fourth-order valence-corrected chi connectivity index (χ4v) is 3.55. The van der Waals surface area contributed by atoms with Gasteiger partial charge in [0.05, 0.1) is 0 Å². The number of nitrogens with zero attached hydrogens (tertiary/aromatic N) is 2. The minimum Gasteiger partial charge on any atom is -0.357 e. The molecule has 3 nitrogen and oxygen atoms in total. The van der Waals surface area contributed by atoms with Crippen LogP contribution in [0.5, 0.6) is 0 Å². The van der Waals surface area contributed by atoms with Crippen molar-refractivity contribution < 1.29 is 0 Å². The molecule has 0 unspecified atom stereocenters. The Bertz CT molecular complexity index is 351. The molecule has 1 aromatic rings. The maximum absolute atomic E-state index is 4.29. The van der Waals surface area contributed by atoms with Crippen molar-refractivity contribution in [3.63, 3.8) is 0 Å². The molecule has 4 heteroatoms. The van der Waals surface area contributed by atoms with Gasteiger partial charge < -0.3 is 5.32 Å². The summed E-state index contributed by atoms with van der Waals surface area (Å²) in [6.45, 7) is 0. The predicted molar refractivity (Wildman–Crippen MR) is 71.6 cm³/mol. The minimum absolute atomic E-state index is 0.635. The van der Waals surface area contributed by atoms with Crippen LogP contribution in [0.1, 0.15) is 68.7 Å². The second kappa shape index (κ2) is 5.34. The van der Waals surface area contributed by atoms with Crippen molar-refractivity contribution in [3.05, 3.63) is 5.01 Å². The van der Waals surface area contributed by atoms with E-state index in [9.17, 15) is 0 Å². The second-order valence-corrected chi connectivity index (χ2v) is 6.42. The summed E-state index contributed by atoms with van der Waals surface area (Å²) in [6.07, 6.45) is 12.2. The van der Waals surface area contributed by atoms with Gasteiger partial charge in [-0.3, -0.25) is 0 Å². The van der Waals surface area contributed by atoms with Crippen molar-refractivity contribution in [1.29, 1.82) is 0 Å². The van der Waals surface area contributed by atoms with E-state index < -0.39 is 0 Å². The number of rotatable bonds is 3. The maximum Gasteiger partial charge on any atom is 0.205 e. The molecule has 0 bridgehead atoms. The summed E-state index contributed by atoms with van der Waals surface area (Å²) >= 11 is 1.78. The molecule has 0 aromatic carbocycles. The lowest BCUT2D eigenvalue weighted by Gasteiger charge is -2.20. The molecule has 94 valence electrons. The molecular weight excluding hydrogens is 230 g/mol. The van der Waals surface area contributed by atoms with Crippen molar-refractivity contribution in [1.82, 2.24) is 10.2 Å². The lowest BCUT2D eigenvalue weighted by molar-refractivity contribution is 0.471. The van der Waals surface area contributed by atoms with E-state index in [1.807, 2.05) is 0 Å². The van der Waals surface area contributed by atoms with Crippen LogP contribution in [0.4, 0.5) is 5.13 Å². The van der Waals surface area contributed by atoms with Crippen LogP contribution in [0, 0.1) is 0 Å². The first kappa shape index (κ1) is 11.5. The van der Waals surface area contributed by atoms with Crippen molar-refractivity contribution in [2.75, 3.05) is 5.32 Å². The Morgan fingerprint density at radius 2 is 1.59 bits per heavy atom. The monoisotopic (exact) mass is 251 g/mol. The van der Waals surface area contributed by atoms with Gasteiger partial charge in [0.2, 0.25) is 5.13 Å². The fourth-order valence-electron chi connectivity index (χ4n) is 2.56. The smallest absolute Gasteiger partial charge is 0.205 e. The van der Waals surface area contributed by atoms with Crippen molar-refractivity contribution >= 4 is 16.5 Å². The van der Waals surface area contributed by atoms with Crippen LogP contribution in [0.3, 0.4) is 0 Å². The third-order valence-electron chi connectivity index (χ3n) is 3.80. The first-order valence-corrected chi connectivity index (χ1v) is 7.83. The first-order chi connectivity index (χ1) is 8.42. The van der Waals surface area contributed by atoms with E-state index in [0.29, 0.717) is 6.04 Å². The zero-order valence-electron chi connectivity index (χ0n) is 10.3. The quantitative estimate of drug-likeness (QED) is 0.884. The Morgan fingerprint density at radius 1 is 0.882 bits per heavy atom. The summed E-state index contributed by atoms with van der Waals surface area (Å²) in [5.74, 6) is 0.736. The first-order valence-electron chi connectivity index (χ1n) is 7.02. The van der Waals surface area contributed by atoms with Gasteiger partial charge in [0.1, 0.15) is 5.01 Å². The molecule has 3 rings (SSSR count). The summed E-state index contributed by atoms with van der Waals surface area (Å²) in [6, 6.07) is 0.635. The lowest BCUT2D eigenvalue weighted by atomic mass is 9.97. The summed E-state index contributed by atoms with van der Waals surface area (Å²) in [7, 11) is 0. The molecule has 2 aliphatic rings. The van der Waals surface area contributed by atoms with E-state index in [-0.39, 0.29) is 0 Å². The van der Waals surface area contributed by atoms with E-state index in [4.69, 9.17) is 0 Å². The van der Waals surface area contributed by atoms with Crippen LogP contribution in [-0.4, -0.2) is 16.2 Å². The maximum atomic E-state index is 4.29. The Balaban J connectivity index is 1.55. The average Bonchev–Trinajstić information content (AvgIpc) is 3.04. The van der Waals surface area contributed by atoms with Gasteiger partial charge in [-0.25, -0.2) is 0 Å². The van der Waals surface area contributed by atoms with Crippen LogP contribution in [0.2, 0.25) is 0 Å². The molecule has 1 N–H and O–H groups in total. The largest absolute Gasteiger partial charge is 0.357 e. The Labute approximate surface area is 107 Å². The summed E-state index contributed by atoms with van der Waals surface area (Å²) in [5, 5.41) is 14.5. The van der Waals surface area contributed by atoms with E-state index in [2.05, 4.69) is 15.5 Å². The molecule has 0 aliphatic heterocycles. The molecule has 0 atom stereocenters. The topological polar surface area (TPSA) is 37.8 Å². The van der Waals surface area contributed by atoms with Crippen molar-refractivity contribution in [2.45, 2.75) is 69.7 Å². The number of anilines is 1. The predicted octanol–water partition coefficient (Wildman–Crippen LogP) is 3.94. The van der Waals surface area contributed by atoms with Crippen LogP contribution >= 0.6 is 11.3 Å². The SMILES string of the molecule is C1CCCC(Nc2nnc(C3CC3)s2)CCC1. The van der Waals surface area contributed by atoms with Gasteiger partial charge in [0, 0.05) is 12.0 Å². The van der Waals surface area contributed by atoms with E-state index in [0.717, 1.165) is 11.0 Å². The summed E-state index contributed by atoms with van der Waals surface area (Å²) in [4.78, 5) is 0. The molecule has 0 radical (unpaired) electrons. The molecule has 2 aliphatic carbocycles. The van der Waals surface area contributed by atoms with Crippen LogP contribution in [-0.2, 0) is 0 Å². The van der Waals surface area contributed by atoms with Gasteiger partial charge in [-0.1, -0.05) is 43.4 Å². The molecule has 1 heterocycles. The summed E-state index contributed by atoms with van der Waals surface area (Å²) in [5.41, 5.74) is 0. The molecule has 2 saturated carbocycles. The molecule has 0 spiro atoms. The van der Waals surface area contributed by atoms with E-state index in [1.54, 1.807) is 11.3 Å². The van der Waals surface area contributed by atoms with E-state index in [1.165, 1.54) is 62.8 Å². The van der Waals surface area contributed by atoms with Crippen molar-refractivity contribution in [3.8, 4) is 0 Å². The zero-order valence-corrected chi connectivity index (χ0v) is 11.1. The van der Waals surface area contributed by atoms with Crippen LogP contribution in [0.15, 0.2) is 0 Å². The van der Waals surface area contributed by atoms with Crippen LogP contribution < -0.4 is 5.32 Å². The Hall–Kier alpha value is -0.640. The average molecular weight is 251 g/mol. The Morgan fingerprint density at radius 3 is 2.29 bits per heavy atom. The normalized spacial score (nSPS) is 23.1. The number of nitrogens with one attached hydrogen (secondary N) is 1. The molecule has 17 heavy (non-hydrogen) atoms. The van der Waals surface area contributed by atoms with Gasteiger partial charge in [-0.2, -0.15) is 0 Å². The number of hydrogen-bond donors (Lipinski definition) is 1. The highest BCUT2D eigenvalue weighted by atomic mass is 32.1. The third-order valence-corrected chi connectivity index (χ3v) is 4.82. The fraction of sp³-hybridized carbons (Fsp3) is 0.846. The summed E-state index contributed by atoms with van der Waals surface area (Å²) < 4.78 is 0. The standard InChI is InChI=1S/C13H21N3S/c1-2-4-6-11(7-5-3-1)14-13-16-15-12(17-13)10-8-9-10/h10-11H,1-9H2,(H,14,16). The molecule has 0 amide bonds. The van der Waals surface area contributed by atoms with Crippen LogP contribution in [0.25, 0.3) is 0 Å². The van der Waals surface area contributed by atoms with Gasteiger partial charge in [-0.15, -0.1) is 10.2 Å². The molecule has 2 fully saturated rings. The Kier molecular flexibility index (Phi) is 3.60. The highest BCUT2D eigenvalue weighted by Gasteiger charge is 2.27. The number of hydrogen-bond acceptors (Lipinski definition) is 4.